The number of aliphatic hydroxyl groups is 2. The van der Waals surface area contributed by atoms with Gasteiger partial charge in [0.25, 0.3) is 0 Å². The molecule has 2 saturated carbocycles. The molecule has 2 fully saturated rings. The Hall–Kier alpha value is -4.73. The minimum absolute atomic E-state index is 0.229. The van der Waals surface area contributed by atoms with E-state index in [1.54, 1.807) is 0 Å². The van der Waals surface area contributed by atoms with Crippen molar-refractivity contribution in [2.75, 3.05) is 26.4 Å². The molecule has 61 heavy (non-hydrogen) atoms. The van der Waals surface area contributed by atoms with Crippen LogP contribution >= 0.6 is 0 Å². The van der Waals surface area contributed by atoms with Crippen LogP contribution in [0.1, 0.15) is 99.0 Å². The number of H-pyrrole nitrogens is 1. The second-order valence-electron chi connectivity index (χ2n) is 18.2. The average Bonchev–Trinajstić information content (AvgIpc) is 4.03. The van der Waals surface area contributed by atoms with Gasteiger partial charge in [-0.15, -0.1) is 0 Å². The van der Waals surface area contributed by atoms with E-state index in [4.69, 9.17) is 32.5 Å². The van der Waals surface area contributed by atoms with Crippen LogP contribution in [0.2, 0.25) is 0 Å². The van der Waals surface area contributed by atoms with Crippen molar-refractivity contribution < 1.29 is 17.7 Å². The number of nitrogens with zero attached hydrogens (tertiary/aromatic N) is 7. The van der Waals surface area contributed by atoms with Crippen LogP contribution in [-0.2, 0) is 13.9 Å². The number of rotatable bonds is 8. The summed E-state index contributed by atoms with van der Waals surface area (Å²) in [5, 5.41) is 22.1. The molecule has 6 heterocycles. The fourth-order valence-corrected chi connectivity index (χ4v) is 18.6. The predicted octanol–water partition coefficient (Wildman–Crippen LogP) is 7.29. The summed E-state index contributed by atoms with van der Waals surface area (Å²) >= 11 is -4.97. The van der Waals surface area contributed by atoms with Gasteiger partial charge in [-0.1, -0.05) is 0 Å². The Morgan fingerprint density at radius 2 is 1.31 bits per heavy atom. The van der Waals surface area contributed by atoms with Crippen LogP contribution in [0.3, 0.4) is 0 Å². The summed E-state index contributed by atoms with van der Waals surface area (Å²) in [7, 11) is 0. The molecular formula is C48H52GeN8O4. The minimum atomic E-state index is -4.97. The molecule has 2 aromatic heterocycles. The van der Waals surface area contributed by atoms with Gasteiger partial charge in [-0.25, -0.2) is 0 Å². The van der Waals surface area contributed by atoms with Gasteiger partial charge in [-0.2, -0.15) is 0 Å². The monoisotopic (exact) mass is 878 g/mol. The maximum atomic E-state index is 10.1. The van der Waals surface area contributed by atoms with E-state index in [-0.39, 0.29) is 13.2 Å². The van der Waals surface area contributed by atoms with Crippen LogP contribution < -0.4 is 11.0 Å². The molecule has 4 aliphatic heterocycles. The Balaban J connectivity index is 1.19. The van der Waals surface area contributed by atoms with Gasteiger partial charge < -0.3 is 0 Å². The molecule has 0 radical (unpaired) electrons. The first-order valence-electron chi connectivity index (χ1n) is 22.6. The molecule has 1 unspecified atom stereocenters. The number of fused-ring (bicyclic) bond motifs is 14. The zero-order valence-corrected chi connectivity index (χ0v) is 36.6. The summed E-state index contributed by atoms with van der Waals surface area (Å²) in [6.45, 7) is 1.44. The summed E-state index contributed by atoms with van der Waals surface area (Å²) in [5.74, 6) is 4.98. The van der Waals surface area contributed by atoms with Gasteiger partial charge in [-0.3, -0.25) is 0 Å². The number of aliphatic hydroxyl groups excluding tert-OH is 2. The Kier molecular flexibility index (Phi) is 9.51. The molecule has 4 aromatic rings. The topological polar surface area (TPSA) is 145 Å². The number of benzene rings is 2. The first kappa shape index (κ1) is 38.0. The van der Waals surface area contributed by atoms with Crippen molar-refractivity contribution in [1.82, 2.24) is 12.4 Å². The zero-order chi connectivity index (χ0) is 40.7. The Bertz CT molecular complexity index is 2730. The van der Waals surface area contributed by atoms with Crippen LogP contribution in [0.4, 0.5) is 11.6 Å². The Labute approximate surface area is 358 Å². The van der Waals surface area contributed by atoms with E-state index in [1.165, 1.54) is 0 Å². The SMILES string of the molecule is OCC1CCC(C[O][Ge]2([O]CC3CCC(CO)CC3)[N]3C4=Nc5[nH]c(c6c5C=CCC6)N=c5c6ccccc6c([n]52)=NC2=NC(=NC3c3ccccc34)C3=C2C=CCC3)CC1. The van der Waals surface area contributed by atoms with E-state index >= 15 is 0 Å². The van der Waals surface area contributed by atoms with Crippen molar-refractivity contribution in [2.24, 2.45) is 48.6 Å². The van der Waals surface area contributed by atoms with E-state index in [0.717, 1.165) is 150 Å². The van der Waals surface area contributed by atoms with E-state index in [2.05, 4.69) is 85.2 Å². The van der Waals surface area contributed by atoms with E-state index in [1.807, 2.05) is 0 Å². The van der Waals surface area contributed by atoms with Gasteiger partial charge in [0, 0.05) is 0 Å². The molecule has 0 amide bonds. The van der Waals surface area contributed by atoms with Crippen molar-refractivity contribution >= 4 is 60.4 Å². The second-order valence-corrected chi connectivity index (χ2v) is 23.7. The van der Waals surface area contributed by atoms with E-state index in [0.29, 0.717) is 48.6 Å². The predicted molar refractivity (Wildman–Crippen MR) is 238 cm³/mol. The molecule has 8 aliphatic rings. The van der Waals surface area contributed by atoms with Gasteiger partial charge in [0.1, 0.15) is 0 Å². The number of allylic oxidation sites excluding steroid dienone is 2. The van der Waals surface area contributed by atoms with E-state index in [9.17, 15) is 10.2 Å². The fourth-order valence-electron chi connectivity index (χ4n) is 11.1. The second kappa shape index (κ2) is 15.3. The summed E-state index contributed by atoms with van der Waals surface area (Å²) in [5.41, 5.74) is 7.92. The number of nitrogens with one attached hydrogen (secondary N) is 1. The fraction of sp³-hybridized carbons (Fsp3) is 0.438. The molecule has 0 saturated heterocycles. The molecular weight excluding hydrogens is 825 g/mol. The molecule has 6 bridgehead atoms. The van der Waals surface area contributed by atoms with Gasteiger partial charge in [0.2, 0.25) is 0 Å². The molecule has 312 valence electrons. The third-order valence-electron chi connectivity index (χ3n) is 14.6. The number of hydrogen-bond acceptors (Lipinski definition) is 10. The van der Waals surface area contributed by atoms with Crippen LogP contribution in [0, 0.1) is 23.7 Å². The summed E-state index contributed by atoms with van der Waals surface area (Å²) in [4.78, 5) is 31.8. The number of aromatic nitrogens is 2. The first-order chi connectivity index (χ1) is 30.1. The molecule has 4 aliphatic carbocycles. The zero-order valence-electron chi connectivity index (χ0n) is 34.5. The summed E-state index contributed by atoms with van der Waals surface area (Å²) < 4.78 is 20.6. The van der Waals surface area contributed by atoms with Crippen LogP contribution in [0.15, 0.2) is 103 Å². The van der Waals surface area contributed by atoms with Gasteiger partial charge >= 0.3 is 360 Å². The molecule has 12 rings (SSSR count). The van der Waals surface area contributed by atoms with Gasteiger partial charge in [-0.05, 0) is 0 Å². The number of aromatic amines is 1. The molecule has 1 atom stereocenters. The average molecular weight is 878 g/mol. The molecule has 12 nitrogen and oxygen atoms in total. The molecule has 0 spiro atoms. The van der Waals surface area contributed by atoms with Crippen molar-refractivity contribution in [2.45, 2.75) is 83.2 Å². The molecule has 2 aromatic carbocycles. The molecule has 13 heteroatoms. The van der Waals surface area contributed by atoms with Crippen LogP contribution in [0.25, 0.3) is 16.8 Å². The van der Waals surface area contributed by atoms with Gasteiger partial charge in [0.05, 0.1) is 0 Å². The Morgan fingerprint density at radius 1 is 0.672 bits per heavy atom. The first-order valence-corrected chi connectivity index (χ1v) is 26.2. The third kappa shape index (κ3) is 6.18. The van der Waals surface area contributed by atoms with E-state index < -0.39 is 20.6 Å². The van der Waals surface area contributed by atoms with Crippen LogP contribution in [0.5, 0.6) is 0 Å². The maximum absolute atomic E-state index is 10.1. The third-order valence-corrected chi connectivity index (χ3v) is 21.2. The summed E-state index contributed by atoms with van der Waals surface area (Å²) in [6, 6.07) is 17.1. The van der Waals surface area contributed by atoms with Crippen molar-refractivity contribution in [3.8, 4) is 0 Å². The number of amidine groups is 3. The molecule has 3 N–H and O–H groups in total. The summed E-state index contributed by atoms with van der Waals surface area (Å²) in [6.07, 6.45) is 19.6. The van der Waals surface area contributed by atoms with Crippen molar-refractivity contribution in [3.05, 3.63) is 111 Å². The standard InChI is InChI=1S/C48H52GeN8O4/c58-25-29-17-21-31(22-18-29)27-60-49(61-28-32-23-19-30(26-59)20-24-32)56-45-37-13-5-6-14-38(37)47(56)54-43-35-11-3-4-12-36(35)44(51-43)55-48-40-16-8-7-15-39(40)46(57(48)49)53-42-34-10-2-1-9-33(34)41(50-42)52-45/h1,4-9,12-16,29-32,46,51,58-59H,2-3,10-11,17-28H2. The van der Waals surface area contributed by atoms with Gasteiger partial charge in [0.15, 0.2) is 0 Å². The Morgan fingerprint density at radius 3 is 2.03 bits per heavy atom. The van der Waals surface area contributed by atoms with Crippen LogP contribution in [-0.4, -0.2) is 80.9 Å². The number of aliphatic imine (C=N–C) groups is 3. The quantitative estimate of drug-likeness (QED) is 0.159. The number of hydrogen-bond donors (Lipinski definition) is 3. The van der Waals surface area contributed by atoms with Crippen molar-refractivity contribution in [1.29, 1.82) is 0 Å². The normalized spacial score (nSPS) is 28.3. The van der Waals surface area contributed by atoms with Crippen molar-refractivity contribution in [3.63, 3.8) is 0 Å².